The van der Waals surface area contributed by atoms with Crippen molar-refractivity contribution >= 4 is 33.5 Å². The van der Waals surface area contributed by atoms with Gasteiger partial charge in [0, 0.05) is 12.1 Å². The van der Waals surface area contributed by atoms with Crippen molar-refractivity contribution in [2.24, 2.45) is 0 Å². The lowest BCUT2D eigenvalue weighted by molar-refractivity contribution is -0.120. The van der Waals surface area contributed by atoms with Gasteiger partial charge in [-0.2, -0.15) is 8.42 Å². The van der Waals surface area contributed by atoms with Gasteiger partial charge >= 0.3 is 6.09 Å². The first-order valence-electron chi connectivity index (χ1n) is 12.6. The Kier molecular flexibility index (Phi) is 8.97. The molecular weight excluding hydrogens is 534 g/mol. The van der Waals surface area contributed by atoms with Gasteiger partial charge in [0.25, 0.3) is 10.1 Å². The Balaban J connectivity index is 1.52. The van der Waals surface area contributed by atoms with Crippen LogP contribution in [0.25, 0.3) is 22.5 Å². The third kappa shape index (κ3) is 7.13. The van der Waals surface area contributed by atoms with Gasteiger partial charge in [-0.3, -0.25) is 9.35 Å². The predicted octanol–water partition coefficient (Wildman–Crippen LogP) is 5.16. The summed E-state index contributed by atoms with van der Waals surface area (Å²) in [6.45, 7) is 3.57. The predicted molar refractivity (Wildman–Crippen MR) is 151 cm³/mol. The molecule has 40 heavy (non-hydrogen) atoms. The number of carbonyl (C=O) groups is 2. The average molecular weight is 564 g/mol. The highest BCUT2D eigenvalue weighted by Gasteiger charge is 2.28. The fraction of sp³-hybridized carbons (Fsp3) is 0.207. The third-order valence-electron chi connectivity index (χ3n) is 6.00. The number of hydrogen-bond donors (Lipinski definition) is 2. The van der Waals surface area contributed by atoms with Crippen LogP contribution in [-0.2, 0) is 26.1 Å². The fourth-order valence-electron chi connectivity index (χ4n) is 4.10. The highest BCUT2D eigenvalue weighted by atomic mass is 32.2. The van der Waals surface area contributed by atoms with E-state index in [2.05, 4.69) is 10.5 Å². The minimum atomic E-state index is -4.12. The van der Waals surface area contributed by atoms with Crippen molar-refractivity contribution in [2.45, 2.75) is 20.3 Å². The van der Waals surface area contributed by atoms with E-state index in [1.54, 1.807) is 13.8 Å². The topological polar surface area (TPSA) is 139 Å². The number of hydrogen-bond acceptors (Lipinski definition) is 7. The Labute approximate surface area is 232 Å². The van der Waals surface area contributed by atoms with Crippen LogP contribution in [0.15, 0.2) is 83.4 Å². The summed E-state index contributed by atoms with van der Waals surface area (Å²) in [5.74, 6) is -0.446. The number of amides is 2. The molecule has 0 saturated carbocycles. The van der Waals surface area contributed by atoms with Crippen LogP contribution >= 0.6 is 0 Å². The lowest BCUT2D eigenvalue weighted by Crippen LogP contribution is -2.30. The summed E-state index contributed by atoms with van der Waals surface area (Å²) in [5.41, 5.74) is 4.99. The van der Waals surface area contributed by atoms with Crippen molar-refractivity contribution in [3.63, 3.8) is 0 Å². The lowest BCUT2D eigenvalue weighted by atomic mass is 10.0. The van der Waals surface area contributed by atoms with Crippen molar-refractivity contribution < 1.29 is 31.8 Å². The van der Waals surface area contributed by atoms with Crippen LogP contribution in [0.5, 0.6) is 0 Å². The van der Waals surface area contributed by atoms with Crippen LogP contribution in [0.4, 0.5) is 16.2 Å². The van der Waals surface area contributed by atoms with E-state index in [1.807, 2.05) is 78.9 Å². The molecule has 0 aliphatic heterocycles. The van der Waals surface area contributed by atoms with E-state index < -0.39 is 22.0 Å². The van der Waals surface area contributed by atoms with Gasteiger partial charge in [0.1, 0.15) is 11.4 Å². The summed E-state index contributed by atoms with van der Waals surface area (Å²) < 4.78 is 41.3. The van der Waals surface area contributed by atoms with E-state index in [0.717, 1.165) is 22.3 Å². The lowest BCUT2D eigenvalue weighted by Gasteiger charge is -2.22. The second kappa shape index (κ2) is 12.6. The summed E-state index contributed by atoms with van der Waals surface area (Å²) in [4.78, 5) is 26.5. The van der Waals surface area contributed by atoms with Crippen LogP contribution in [-0.4, -0.2) is 49.0 Å². The molecular formula is C29H29N3O7S. The largest absolute Gasteiger partial charge is 0.449 e. The molecule has 0 aliphatic carbocycles. The number of ether oxygens (including phenoxy) is 1. The highest BCUT2D eigenvalue weighted by molar-refractivity contribution is 7.85. The van der Waals surface area contributed by atoms with Gasteiger partial charge in [0.05, 0.1) is 24.5 Å². The number of aromatic nitrogens is 1. The normalized spacial score (nSPS) is 11.2. The zero-order valence-electron chi connectivity index (χ0n) is 22.0. The van der Waals surface area contributed by atoms with Crippen molar-refractivity contribution in [2.75, 3.05) is 23.8 Å². The first kappa shape index (κ1) is 28.5. The molecule has 0 saturated heterocycles. The Morgan fingerprint density at radius 1 is 0.950 bits per heavy atom. The standard InChI is InChI=1S/C29H29N3O7S/c1-3-38-29(34)32(25-7-5-4-6-8-25)27-20(2)31-39-28(27)24-15-13-23(14-16-24)22-11-9-21(10-12-22)19-26(33)30-17-18-40(35,36)37/h4-16H,3,17-19H2,1-2H3,(H,30,33)(H,35,36,37). The molecule has 0 radical (unpaired) electrons. The molecule has 0 atom stereocenters. The summed E-state index contributed by atoms with van der Waals surface area (Å²) in [6, 6.07) is 24.2. The second-order valence-electron chi connectivity index (χ2n) is 8.90. The molecule has 0 aliphatic rings. The van der Waals surface area contributed by atoms with Crippen LogP contribution in [0.1, 0.15) is 18.2 Å². The summed E-state index contributed by atoms with van der Waals surface area (Å²) >= 11 is 0. The Bertz CT molecular complexity index is 1570. The van der Waals surface area contributed by atoms with Crippen molar-refractivity contribution in [3.8, 4) is 22.5 Å². The van der Waals surface area contributed by atoms with E-state index >= 15 is 0 Å². The Morgan fingerprint density at radius 2 is 1.55 bits per heavy atom. The van der Waals surface area contributed by atoms with Gasteiger partial charge in [-0.25, -0.2) is 9.69 Å². The molecule has 208 valence electrons. The molecule has 4 rings (SSSR count). The smallest absolute Gasteiger partial charge is 0.419 e. The highest BCUT2D eigenvalue weighted by Crippen LogP contribution is 2.39. The van der Waals surface area contributed by atoms with Gasteiger partial charge in [0.2, 0.25) is 5.91 Å². The maximum absolute atomic E-state index is 13.0. The summed E-state index contributed by atoms with van der Waals surface area (Å²) in [5, 5.41) is 6.60. The van der Waals surface area contributed by atoms with Crippen LogP contribution in [0, 0.1) is 6.92 Å². The zero-order chi connectivity index (χ0) is 28.7. The molecule has 4 aromatic rings. The van der Waals surface area contributed by atoms with Gasteiger partial charge in [-0.1, -0.05) is 71.9 Å². The first-order valence-corrected chi connectivity index (χ1v) is 14.2. The molecule has 0 bridgehead atoms. The van der Waals surface area contributed by atoms with Crippen molar-refractivity contribution in [1.82, 2.24) is 10.5 Å². The number of benzene rings is 3. The molecule has 2 N–H and O–H groups in total. The zero-order valence-corrected chi connectivity index (χ0v) is 22.8. The quantitative estimate of drug-likeness (QED) is 0.252. The molecule has 0 unspecified atom stereocenters. The number of aryl methyl sites for hydroxylation is 1. The molecule has 0 spiro atoms. The Hall–Kier alpha value is -4.48. The monoisotopic (exact) mass is 563 g/mol. The van der Waals surface area contributed by atoms with E-state index in [0.29, 0.717) is 22.8 Å². The van der Waals surface area contributed by atoms with Crippen LogP contribution < -0.4 is 10.2 Å². The van der Waals surface area contributed by atoms with E-state index in [4.69, 9.17) is 13.8 Å². The van der Waals surface area contributed by atoms with Gasteiger partial charge in [0.15, 0.2) is 5.76 Å². The van der Waals surface area contributed by atoms with E-state index in [1.165, 1.54) is 4.90 Å². The third-order valence-corrected chi connectivity index (χ3v) is 6.72. The number of carbonyl (C=O) groups excluding carboxylic acids is 2. The van der Waals surface area contributed by atoms with E-state index in [9.17, 15) is 18.0 Å². The maximum Gasteiger partial charge on any atom is 0.419 e. The second-order valence-corrected chi connectivity index (χ2v) is 10.5. The molecule has 3 aromatic carbocycles. The molecule has 1 aromatic heterocycles. The van der Waals surface area contributed by atoms with Crippen molar-refractivity contribution in [3.05, 3.63) is 90.1 Å². The van der Waals surface area contributed by atoms with Crippen LogP contribution in [0.2, 0.25) is 0 Å². The number of nitrogens with one attached hydrogen (secondary N) is 1. The fourth-order valence-corrected chi connectivity index (χ4v) is 4.46. The molecule has 1 heterocycles. The van der Waals surface area contributed by atoms with Gasteiger partial charge < -0.3 is 14.6 Å². The summed E-state index contributed by atoms with van der Waals surface area (Å²) in [6.07, 6.45) is -0.457. The molecule has 11 heteroatoms. The SMILES string of the molecule is CCOC(=O)N(c1ccccc1)c1c(C)noc1-c1ccc(-c2ccc(CC(=O)NCCS(=O)(=O)O)cc2)cc1. The molecule has 2 amide bonds. The molecule has 10 nitrogen and oxygen atoms in total. The number of anilines is 2. The van der Waals surface area contributed by atoms with E-state index in [-0.39, 0.29) is 25.5 Å². The van der Waals surface area contributed by atoms with Crippen molar-refractivity contribution in [1.29, 1.82) is 0 Å². The van der Waals surface area contributed by atoms with Gasteiger partial charge in [-0.15, -0.1) is 0 Å². The Morgan fingerprint density at radius 3 is 2.15 bits per heavy atom. The number of nitrogens with zero attached hydrogens (tertiary/aromatic N) is 2. The maximum atomic E-state index is 13.0. The number of rotatable bonds is 10. The van der Waals surface area contributed by atoms with Crippen LogP contribution in [0.3, 0.4) is 0 Å². The minimum absolute atomic E-state index is 0.0801. The molecule has 0 fully saturated rings. The van der Waals surface area contributed by atoms with Gasteiger partial charge in [-0.05, 0) is 42.7 Å². The minimum Gasteiger partial charge on any atom is -0.449 e. The number of para-hydroxylation sites is 1. The first-order chi connectivity index (χ1) is 19.2. The average Bonchev–Trinajstić information content (AvgIpc) is 3.30. The summed E-state index contributed by atoms with van der Waals surface area (Å²) in [7, 11) is -4.12.